The number of halogens is 1. The summed E-state index contributed by atoms with van der Waals surface area (Å²) < 4.78 is 5.33. The Morgan fingerprint density at radius 1 is 1.17 bits per heavy atom. The van der Waals surface area contributed by atoms with E-state index in [9.17, 15) is 14.7 Å². The zero-order valence-electron chi connectivity index (χ0n) is 16.6. The second-order valence-electron chi connectivity index (χ2n) is 6.77. The predicted octanol–water partition coefficient (Wildman–Crippen LogP) is 4.66. The van der Waals surface area contributed by atoms with Gasteiger partial charge in [-0.25, -0.2) is 4.98 Å². The molecule has 1 amide bonds. The molecule has 2 N–H and O–H groups in total. The van der Waals surface area contributed by atoms with Crippen LogP contribution in [-0.2, 0) is 4.79 Å². The molecule has 7 heteroatoms. The van der Waals surface area contributed by atoms with Gasteiger partial charge in [0.2, 0.25) is 5.88 Å². The minimum atomic E-state index is -1.00. The summed E-state index contributed by atoms with van der Waals surface area (Å²) in [7, 11) is 1.50. The van der Waals surface area contributed by atoms with E-state index in [1.807, 2.05) is 37.3 Å². The maximum absolute atomic E-state index is 13.0. The third-order valence-corrected chi connectivity index (χ3v) is 4.93. The first-order valence-electron chi connectivity index (χ1n) is 9.27. The molecule has 0 bridgehead atoms. The molecule has 1 heterocycles. The number of ether oxygens (including phenoxy) is 1. The highest BCUT2D eigenvalue weighted by atomic mass is 35.5. The van der Waals surface area contributed by atoms with Crippen molar-refractivity contribution in [2.24, 2.45) is 0 Å². The van der Waals surface area contributed by atoms with Gasteiger partial charge in [-0.1, -0.05) is 48.0 Å². The largest absolute Gasteiger partial charge is 0.481 e. The normalized spacial score (nSPS) is 11.6. The number of methoxy groups -OCH3 is 1. The number of benzene rings is 2. The number of rotatable bonds is 7. The molecule has 3 rings (SSSR count). The monoisotopic (exact) mass is 424 g/mol. The number of nitrogens with one attached hydrogen (secondary N) is 1. The van der Waals surface area contributed by atoms with Gasteiger partial charge in [0.25, 0.3) is 5.91 Å². The average Bonchev–Trinajstić information content (AvgIpc) is 2.72. The van der Waals surface area contributed by atoms with Crippen molar-refractivity contribution >= 4 is 23.5 Å². The summed E-state index contributed by atoms with van der Waals surface area (Å²) in [6.45, 7) is 1.88. The third-order valence-electron chi connectivity index (χ3n) is 4.69. The smallest absolute Gasteiger partial charge is 0.305 e. The van der Waals surface area contributed by atoms with Crippen LogP contribution in [0.5, 0.6) is 5.88 Å². The Balaban J connectivity index is 1.94. The number of aromatic nitrogens is 1. The molecular weight excluding hydrogens is 404 g/mol. The lowest BCUT2D eigenvalue weighted by Gasteiger charge is -2.20. The number of hydrogen-bond acceptors (Lipinski definition) is 4. The number of carboxylic acid groups (broad SMARTS) is 1. The van der Waals surface area contributed by atoms with Crippen molar-refractivity contribution in [1.29, 1.82) is 0 Å². The summed E-state index contributed by atoms with van der Waals surface area (Å²) >= 11 is 6.10. The second kappa shape index (κ2) is 9.41. The van der Waals surface area contributed by atoms with Crippen molar-refractivity contribution in [2.75, 3.05) is 7.11 Å². The summed E-state index contributed by atoms with van der Waals surface area (Å²) in [5.41, 5.74) is 3.30. The molecule has 0 radical (unpaired) electrons. The summed E-state index contributed by atoms with van der Waals surface area (Å²) in [6.07, 6.45) is 1.17. The molecule has 0 spiro atoms. The van der Waals surface area contributed by atoms with E-state index in [0.29, 0.717) is 16.5 Å². The van der Waals surface area contributed by atoms with Crippen LogP contribution >= 0.6 is 11.6 Å². The fourth-order valence-electron chi connectivity index (χ4n) is 3.23. The number of aryl methyl sites for hydroxylation is 1. The molecule has 0 saturated heterocycles. The van der Waals surface area contributed by atoms with Gasteiger partial charge >= 0.3 is 5.97 Å². The highest BCUT2D eigenvalue weighted by Gasteiger charge is 2.21. The Bertz CT molecular complexity index is 1080. The van der Waals surface area contributed by atoms with Crippen LogP contribution in [0, 0.1) is 6.92 Å². The molecule has 3 aromatic rings. The molecule has 6 nitrogen and oxygen atoms in total. The zero-order chi connectivity index (χ0) is 21.7. The Morgan fingerprint density at radius 3 is 2.60 bits per heavy atom. The van der Waals surface area contributed by atoms with E-state index in [0.717, 1.165) is 16.7 Å². The van der Waals surface area contributed by atoms with Crippen LogP contribution in [0.4, 0.5) is 0 Å². The van der Waals surface area contributed by atoms with E-state index in [1.54, 1.807) is 24.3 Å². The fraction of sp³-hybridized carbons (Fsp3) is 0.174. The zero-order valence-corrected chi connectivity index (χ0v) is 17.3. The quantitative estimate of drug-likeness (QED) is 0.575. The van der Waals surface area contributed by atoms with Crippen molar-refractivity contribution in [3.05, 3.63) is 82.5 Å². The molecule has 0 aliphatic carbocycles. The molecule has 0 aliphatic heterocycles. The second-order valence-corrected chi connectivity index (χ2v) is 7.21. The number of carbonyl (C=O) groups is 2. The van der Waals surface area contributed by atoms with E-state index in [1.165, 1.54) is 13.3 Å². The minimum absolute atomic E-state index is 0.235. The van der Waals surface area contributed by atoms with Gasteiger partial charge in [-0.15, -0.1) is 0 Å². The Morgan fingerprint density at radius 2 is 1.93 bits per heavy atom. The van der Waals surface area contributed by atoms with Crippen LogP contribution < -0.4 is 10.1 Å². The van der Waals surface area contributed by atoms with Crippen LogP contribution in [-0.4, -0.2) is 29.1 Å². The topological polar surface area (TPSA) is 88.5 Å². The molecule has 154 valence electrons. The van der Waals surface area contributed by atoms with E-state index in [2.05, 4.69) is 10.3 Å². The van der Waals surface area contributed by atoms with Gasteiger partial charge in [0.05, 0.1) is 25.1 Å². The Labute approximate surface area is 179 Å². The summed E-state index contributed by atoms with van der Waals surface area (Å²) in [5.74, 6) is -1.08. The average molecular weight is 425 g/mol. The summed E-state index contributed by atoms with van der Waals surface area (Å²) in [4.78, 5) is 28.6. The maximum atomic E-state index is 13.0. The van der Waals surface area contributed by atoms with Gasteiger partial charge in [0.1, 0.15) is 0 Å². The van der Waals surface area contributed by atoms with Crippen molar-refractivity contribution in [3.8, 4) is 17.0 Å². The van der Waals surface area contributed by atoms with Gasteiger partial charge < -0.3 is 15.2 Å². The van der Waals surface area contributed by atoms with Crippen LogP contribution in [0.15, 0.2) is 60.8 Å². The van der Waals surface area contributed by atoms with Gasteiger partial charge in [-0.05, 0) is 41.8 Å². The minimum Gasteiger partial charge on any atom is -0.481 e. The van der Waals surface area contributed by atoms with E-state index >= 15 is 0 Å². The van der Waals surface area contributed by atoms with Crippen LogP contribution in [0.2, 0.25) is 5.02 Å². The molecule has 1 atom stereocenters. The number of hydrogen-bond donors (Lipinski definition) is 2. The number of carbonyl (C=O) groups excluding carboxylic acids is 1. The lowest BCUT2D eigenvalue weighted by atomic mass is 9.98. The molecule has 2 aromatic carbocycles. The van der Waals surface area contributed by atoms with E-state index < -0.39 is 17.9 Å². The van der Waals surface area contributed by atoms with Gasteiger partial charge in [-0.3, -0.25) is 9.59 Å². The molecular formula is C23H21ClN2O4. The Hall–Kier alpha value is -3.38. The van der Waals surface area contributed by atoms with Crippen molar-refractivity contribution < 1.29 is 19.4 Å². The number of aliphatic carboxylic acids is 1. The van der Waals surface area contributed by atoms with Crippen molar-refractivity contribution in [2.45, 2.75) is 19.4 Å². The lowest BCUT2D eigenvalue weighted by Crippen LogP contribution is -2.30. The first kappa shape index (κ1) is 21.3. The van der Waals surface area contributed by atoms with Crippen molar-refractivity contribution in [1.82, 2.24) is 10.3 Å². The molecule has 1 unspecified atom stereocenters. The van der Waals surface area contributed by atoms with E-state index in [-0.39, 0.29) is 12.0 Å². The summed E-state index contributed by atoms with van der Waals surface area (Å²) in [6, 6.07) is 15.5. The van der Waals surface area contributed by atoms with E-state index in [4.69, 9.17) is 16.3 Å². The van der Waals surface area contributed by atoms with Crippen molar-refractivity contribution in [3.63, 3.8) is 0 Å². The molecule has 1 aromatic heterocycles. The molecule has 0 aliphatic rings. The predicted molar refractivity (Wildman–Crippen MR) is 115 cm³/mol. The molecule has 30 heavy (non-hydrogen) atoms. The standard InChI is InChI=1S/C23H21ClN2O4/c1-14-6-3-4-9-18(14)20(12-21(27)28)26-22(29)16-11-19(23(30-2)25-13-16)15-7-5-8-17(24)10-15/h3-11,13,20H,12H2,1-2H3,(H,26,29)(H,27,28). The SMILES string of the molecule is COc1ncc(C(=O)NC(CC(=O)O)c2ccccc2C)cc1-c1cccc(Cl)c1. The lowest BCUT2D eigenvalue weighted by molar-refractivity contribution is -0.137. The first-order chi connectivity index (χ1) is 14.4. The summed E-state index contributed by atoms with van der Waals surface area (Å²) in [5, 5.41) is 12.7. The van der Waals surface area contributed by atoms with Crippen LogP contribution in [0.3, 0.4) is 0 Å². The number of carboxylic acids is 1. The highest BCUT2D eigenvalue weighted by Crippen LogP contribution is 2.31. The number of pyridine rings is 1. The first-order valence-corrected chi connectivity index (χ1v) is 9.65. The van der Waals surface area contributed by atoms with Gasteiger partial charge in [-0.2, -0.15) is 0 Å². The van der Waals surface area contributed by atoms with Gasteiger partial charge in [0.15, 0.2) is 0 Å². The number of amides is 1. The molecule has 0 saturated carbocycles. The molecule has 0 fully saturated rings. The third kappa shape index (κ3) is 4.96. The van der Waals surface area contributed by atoms with Crippen LogP contribution in [0.25, 0.3) is 11.1 Å². The Kier molecular flexibility index (Phi) is 6.69. The highest BCUT2D eigenvalue weighted by molar-refractivity contribution is 6.30. The van der Waals surface area contributed by atoms with Crippen LogP contribution in [0.1, 0.15) is 33.9 Å². The maximum Gasteiger partial charge on any atom is 0.305 e. The fourth-order valence-corrected chi connectivity index (χ4v) is 3.42. The van der Waals surface area contributed by atoms with Gasteiger partial charge in [0, 0.05) is 16.8 Å². The number of nitrogens with zero attached hydrogens (tertiary/aromatic N) is 1.